The SMILES string of the molecule is O=C(/C=C/c1ccc2ccc3cccc4ccc1c2c34)c1ccc(N2N=N2)cc1. The molecule has 0 aliphatic carbocycles. The van der Waals surface area contributed by atoms with Crippen LogP contribution in [-0.4, -0.2) is 5.78 Å². The lowest BCUT2D eigenvalue weighted by Crippen LogP contribution is -1.96. The average molecular weight is 373 g/mol. The van der Waals surface area contributed by atoms with Crippen molar-refractivity contribution < 1.29 is 4.79 Å². The van der Waals surface area contributed by atoms with Crippen LogP contribution in [0.15, 0.2) is 95.4 Å². The molecule has 29 heavy (non-hydrogen) atoms. The van der Waals surface area contributed by atoms with Crippen molar-refractivity contribution >= 4 is 49.9 Å². The van der Waals surface area contributed by atoms with E-state index in [2.05, 4.69) is 65.0 Å². The lowest BCUT2D eigenvalue weighted by atomic mass is 9.92. The van der Waals surface area contributed by atoms with E-state index in [0.717, 1.165) is 16.6 Å². The highest BCUT2D eigenvalue weighted by Gasteiger charge is 2.14. The molecule has 5 aromatic carbocycles. The van der Waals surface area contributed by atoms with Crippen molar-refractivity contribution in [1.29, 1.82) is 0 Å². The van der Waals surface area contributed by atoms with Gasteiger partial charge in [-0.3, -0.25) is 4.79 Å². The Kier molecular flexibility index (Phi) is 3.29. The maximum atomic E-state index is 12.6. The molecule has 0 N–H and O–H groups in total. The molecule has 4 nitrogen and oxygen atoms in total. The van der Waals surface area contributed by atoms with Crippen LogP contribution >= 0.6 is 0 Å². The molecular weight excluding hydrogens is 358 g/mol. The molecule has 0 unspecified atom stereocenters. The van der Waals surface area contributed by atoms with Crippen LogP contribution in [0.3, 0.4) is 0 Å². The van der Waals surface area contributed by atoms with Crippen molar-refractivity contribution in [2.24, 2.45) is 10.4 Å². The van der Waals surface area contributed by atoms with Gasteiger partial charge in [-0.2, -0.15) is 0 Å². The van der Waals surface area contributed by atoms with Crippen LogP contribution in [0.25, 0.3) is 38.4 Å². The molecule has 0 amide bonds. The second-order valence-corrected chi connectivity index (χ2v) is 7.22. The van der Waals surface area contributed by atoms with Crippen LogP contribution in [0.4, 0.5) is 5.69 Å². The van der Waals surface area contributed by atoms with E-state index in [4.69, 9.17) is 0 Å². The van der Waals surface area contributed by atoms with Gasteiger partial charge in [-0.05, 0) is 78.7 Å². The van der Waals surface area contributed by atoms with Crippen LogP contribution in [-0.2, 0) is 0 Å². The molecular formula is C25H15N3O. The number of carbonyl (C=O) groups excluding carboxylic acids is 1. The number of nitrogens with zero attached hydrogens (tertiary/aromatic N) is 3. The van der Waals surface area contributed by atoms with Gasteiger partial charge in [0.2, 0.25) is 0 Å². The van der Waals surface area contributed by atoms with Crippen molar-refractivity contribution in [3.63, 3.8) is 0 Å². The average Bonchev–Trinajstić information content (AvgIpc) is 3.62. The summed E-state index contributed by atoms with van der Waals surface area (Å²) in [6, 6.07) is 26.5. The molecule has 4 heteroatoms. The van der Waals surface area contributed by atoms with E-state index in [1.807, 2.05) is 18.2 Å². The second-order valence-electron chi connectivity index (χ2n) is 7.22. The van der Waals surface area contributed by atoms with Crippen molar-refractivity contribution in [3.05, 3.63) is 96.1 Å². The normalized spacial score (nSPS) is 13.3. The maximum absolute atomic E-state index is 12.6. The first kappa shape index (κ1) is 16.0. The van der Waals surface area contributed by atoms with Crippen LogP contribution in [0, 0.1) is 0 Å². The summed E-state index contributed by atoms with van der Waals surface area (Å²) in [4.78, 5) is 12.6. The van der Waals surface area contributed by atoms with Crippen LogP contribution < -0.4 is 5.12 Å². The van der Waals surface area contributed by atoms with E-state index in [9.17, 15) is 4.79 Å². The zero-order valence-electron chi connectivity index (χ0n) is 15.4. The van der Waals surface area contributed by atoms with Crippen LogP contribution in [0.5, 0.6) is 0 Å². The standard InChI is InChI=1S/C25H15N3O/c29-23(17-8-12-21(13-9-17)28-26-27-28)15-11-16-4-5-20-7-6-18-2-1-3-19-10-14-22(16)25(20)24(18)19/h1-15H/b15-11+. The first-order valence-corrected chi connectivity index (χ1v) is 9.49. The van der Waals surface area contributed by atoms with E-state index < -0.39 is 0 Å². The highest BCUT2D eigenvalue weighted by molar-refractivity contribution is 6.24. The van der Waals surface area contributed by atoms with E-state index >= 15 is 0 Å². The van der Waals surface area contributed by atoms with Gasteiger partial charge in [0.15, 0.2) is 5.78 Å². The topological polar surface area (TPSA) is 44.8 Å². The molecule has 0 spiro atoms. The molecule has 0 radical (unpaired) electrons. The van der Waals surface area contributed by atoms with E-state index in [1.165, 1.54) is 32.0 Å². The van der Waals surface area contributed by atoms with Crippen LogP contribution in [0.1, 0.15) is 15.9 Å². The third kappa shape index (κ3) is 2.57. The van der Waals surface area contributed by atoms with Crippen molar-refractivity contribution in [2.75, 3.05) is 5.12 Å². The fraction of sp³-hybridized carbons (Fsp3) is 0. The number of allylic oxidation sites excluding steroid dienone is 1. The minimum atomic E-state index is -0.0260. The summed E-state index contributed by atoms with van der Waals surface area (Å²) in [7, 11) is 0. The second kappa shape index (κ2) is 5.97. The Morgan fingerprint density at radius 3 is 2.10 bits per heavy atom. The summed E-state index contributed by atoms with van der Waals surface area (Å²) in [6.45, 7) is 0. The Balaban J connectivity index is 1.41. The number of anilines is 1. The predicted molar refractivity (Wildman–Crippen MR) is 117 cm³/mol. The van der Waals surface area contributed by atoms with E-state index in [0.29, 0.717) is 5.56 Å². The molecule has 5 aromatic rings. The Labute approximate surface area is 166 Å². The fourth-order valence-electron chi connectivity index (χ4n) is 4.05. The summed E-state index contributed by atoms with van der Waals surface area (Å²) >= 11 is 0. The molecule has 0 bridgehead atoms. The monoisotopic (exact) mass is 373 g/mol. The zero-order chi connectivity index (χ0) is 19.4. The fourth-order valence-corrected chi connectivity index (χ4v) is 4.05. The summed E-state index contributed by atoms with van der Waals surface area (Å²) in [5.41, 5.74) is 2.55. The van der Waals surface area contributed by atoms with E-state index in [-0.39, 0.29) is 5.78 Å². The van der Waals surface area contributed by atoms with Gasteiger partial charge in [-0.25, -0.2) is 0 Å². The van der Waals surface area contributed by atoms with Gasteiger partial charge >= 0.3 is 0 Å². The number of benzene rings is 5. The quantitative estimate of drug-likeness (QED) is 0.203. The Morgan fingerprint density at radius 2 is 1.38 bits per heavy atom. The third-order valence-corrected chi connectivity index (χ3v) is 5.54. The number of hydrogen-bond donors (Lipinski definition) is 0. The predicted octanol–water partition coefficient (Wildman–Crippen LogP) is 6.58. The summed E-state index contributed by atoms with van der Waals surface area (Å²) in [5.74, 6) is -0.0260. The highest BCUT2D eigenvalue weighted by Crippen LogP contribution is 2.36. The largest absolute Gasteiger partial charge is 0.289 e. The van der Waals surface area contributed by atoms with Gasteiger partial charge in [0.05, 0.1) is 5.69 Å². The van der Waals surface area contributed by atoms with Gasteiger partial charge < -0.3 is 0 Å². The van der Waals surface area contributed by atoms with E-state index in [1.54, 1.807) is 18.2 Å². The number of hydrogen-bond acceptors (Lipinski definition) is 4. The molecule has 1 aliphatic rings. The van der Waals surface area contributed by atoms with Gasteiger partial charge in [0.25, 0.3) is 0 Å². The first-order chi connectivity index (χ1) is 14.3. The molecule has 1 heterocycles. The van der Waals surface area contributed by atoms with Crippen molar-refractivity contribution in [2.45, 2.75) is 0 Å². The maximum Gasteiger partial charge on any atom is 0.185 e. The van der Waals surface area contributed by atoms with Gasteiger partial charge in [-0.1, -0.05) is 60.7 Å². The summed E-state index contributed by atoms with van der Waals surface area (Å²) in [6.07, 6.45) is 3.56. The smallest absolute Gasteiger partial charge is 0.185 e. The summed E-state index contributed by atoms with van der Waals surface area (Å²) < 4.78 is 0. The Hall–Kier alpha value is -4.05. The Bertz CT molecular complexity index is 1440. The van der Waals surface area contributed by atoms with Crippen molar-refractivity contribution in [1.82, 2.24) is 0 Å². The summed E-state index contributed by atoms with van der Waals surface area (Å²) in [5, 5.41) is 16.4. The van der Waals surface area contributed by atoms with Gasteiger partial charge in [-0.15, -0.1) is 5.12 Å². The molecule has 0 fully saturated rings. The van der Waals surface area contributed by atoms with Gasteiger partial charge in [0.1, 0.15) is 0 Å². The Morgan fingerprint density at radius 1 is 0.724 bits per heavy atom. The molecule has 6 rings (SSSR count). The molecule has 136 valence electrons. The number of ketones is 1. The minimum absolute atomic E-state index is 0.0260. The lowest BCUT2D eigenvalue weighted by Gasteiger charge is -2.12. The lowest BCUT2D eigenvalue weighted by molar-refractivity contribution is 0.104. The van der Waals surface area contributed by atoms with Crippen molar-refractivity contribution in [3.8, 4) is 0 Å². The first-order valence-electron chi connectivity index (χ1n) is 9.49. The molecule has 0 saturated heterocycles. The zero-order valence-corrected chi connectivity index (χ0v) is 15.4. The third-order valence-electron chi connectivity index (χ3n) is 5.54. The molecule has 0 saturated carbocycles. The molecule has 0 atom stereocenters. The molecule has 0 aromatic heterocycles. The molecule has 1 aliphatic heterocycles. The minimum Gasteiger partial charge on any atom is -0.289 e. The number of rotatable bonds is 4. The number of carbonyl (C=O) groups is 1. The van der Waals surface area contributed by atoms with Crippen LogP contribution in [0.2, 0.25) is 0 Å². The highest BCUT2D eigenvalue weighted by atomic mass is 16.1. The van der Waals surface area contributed by atoms with Gasteiger partial charge in [0, 0.05) is 5.56 Å².